The Bertz CT molecular complexity index is 749. The van der Waals surface area contributed by atoms with Crippen LogP contribution in [0.3, 0.4) is 0 Å². The third kappa shape index (κ3) is 3.83. The Balaban J connectivity index is 2.47. The van der Waals surface area contributed by atoms with Crippen molar-refractivity contribution < 1.29 is 24.2 Å². The molecule has 0 radical (unpaired) electrons. The van der Waals surface area contributed by atoms with Crippen molar-refractivity contribution in [2.24, 2.45) is 0 Å². The van der Waals surface area contributed by atoms with E-state index in [0.29, 0.717) is 11.1 Å². The van der Waals surface area contributed by atoms with Crippen molar-refractivity contribution in [3.8, 4) is 5.75 Å². The lowest BCUT2D eigenvalue weighted by molar-refractivity contribution is -0.138. The normalized spacial score (nSPS) is 11.6. The zero-order chi connectivity index (χ0) is 17.0. The summed E-state index contributed by atoms with van der Waals surface area (Å²) in [5.74, 6) is -2.60. The molecule has 0 amide bonds. The maximum absolute atomic E-state index is 12.5. The molecule has 0 aromatic heterocycles. The number of hydrogen-bond acceptors (Lipinski definition) is 4. The molecule has 0 fully saturated rings. The van der Waals surface area contributed by atoms with Gasteiger partial charge in [-0.15, -0.1) is 0 Å². The van der Waals surface area contributed by atoms with Gasteiger partial charge in [-0.2, -0.15) is 0 Å². The Morgan fingerprint density at radius 1 is 1.00 bits per heavy atom. The molecule has 0 saturated carbocycles. The fourth-order valence-corrected chi connectivity index (χ4v) is 2.17. The summed E-state index contributed by atoms with van der Waals surface area (Å²) in [6.45, 7) is 2.71. The largest absolute Gasteiger partial charge is 0.481 e. The molecule has 0 unspecified atom stereocenters. The van der Waals surface area contributed by atoms with E-state index >= 15 is 0 Å². The van der Waals surface area contributed by atoms with Gasteiger partial charge in [0.2, 0.25) is 0 Å². The first-order valence-electron chi connectivity index (χ1n) is 7.05. The topological polar surface area (TPSA) is 80.7 Å². The second kappa shape index (κ2) is 6.87. The molecule has 5 heteroatoms. The molecular weight excluding hydrogens is 296 g/mol. The average molecular weight is 312 g/mol. The van der Waals surface area contributed by atoms with E-state index in [9.17, 15) is 19.5 Å². The Morgan fingerprint density at radius 2 is 1.65 bits per heavy atom. The number of ketones is 1. The molecule has 2 rings (SSSR count). The Labute approximate surface area is 133 Å². The molecule has 0 aliphatic rings. The number of benzene rings is 2. The fourth-order valence-electron chi connectivity index (χ4n) is 2.17. The molecule has 0 bridgehead atoms. The van der Waals surface area contributed by atoms with Gasteiger partial charge in [0.1, 0.15) is 5.75 Å². The summed E-state index contributed by atoms with van der Waals surface area (Å²) in [6, 6.07) is 13.1. The molecule has 0 saturated heterocycles. The van der Waals surface area contributed by atoms with Crippen LogP contribution in [0.15, 0.2) is 48.5 Å². The van der Waals surface area contributed by atoms with Gasteiger partial charge < -0.3 is 9.84 Å². The van der Waals surface area contributed by atoms with Crippen LogP contribution in [0.1, 0.15) is 41.3 Å². The highest BCUT2D eigenvalue weighted by molar-refractivity contribution is 6.09. The standard InChI is InChI=1S/C18H16O5/c1-11(18(21)22)15-10-14(8-9-16(15)23-12(2)19)17(20)13-6-4-3-5-7-13/h3-11H,1-2H3,(H,21,22)/t11-/m1/s1. The second-order valence-corrected chi connectivity index (χ2v) is 5.10. The van der Waals surface area contributed by atoms with Gasteiger partial charge in [-0.05, 0) is 25.1 Å². The van der Waals surface area contributed by atoms with Crippen LogP contribution in [0.5, 0.6) is 5.75 Å². The van der Waals surface area contributed by atoms with Crippen LogP contribution >= 0.6 is 0 Å². The van der Waals surface area contributed by atoms with Gasteiger partial charge in [0.25, 0.3) is 0 Å². The van der Waals surface area contributed by atoms with E-state index in [-0.39, 0.29) is 17.1 Å². The van der Waals surface area contributed by atoms with Gasteiger partial charge in [-0.25, -0.2) is 0 Å². The highest BCUT2D eigenvalue weighted by Gasteiger charge is 2.21. The minimum atomic E-state index is -1.07. The van der Waals surface area contributed by atoms with Crippen molar-refractivity contribution >= 4 is 17.7 Å². The number of carbonyl (C=O) groups excluding carboxylic acids is 2. The number of carbonyl (C=O) groups is 3. The molecule has 118 valence electrons. The first-order valence-corrected chi connectivity index (χ1v) is 7.05. The molecule has 0 aliphatic heterocycles. The quantitative estimate of drug-likeness (QED) is 0.521. The molecule has 0 aliphatic carbocycles. The molecule has 1 atom stereocenters. The third-order valence-electron chi connectivity index (χ3n) is 3.40. The van der Waals surface area contributed by atoms with Gasteiger partial charge in [0, 0.05) is 23.6 Å². The maximum Gasteiger partial charge on any atom is 0.310 e. The van der Waals surface area contributed by atoms with E-state index in [2.05, 4.69) is 0 Å². The Kier molecular flexibility index (Phi) is 4.91. The summed E-state index contributed by atoms with van der Waals surface area (Å²) in [7, 11) is 0. The lowest BCUT2D eigenvalue weighted by Crippen LogP contribution is -2.13. The van der Waals surface area contributed by atoms with Crippen molar-refractivity contribution in [1.29, 1.82) is 0 Å². The first-order chi connectivity index (χ1) is 10.9. The van der Waals surface area contributed by atoms with Crippen LogP contribution in [0.25, 0.3) is 0 Å². The summed E-state index contributed by atoms with van der Waals surface area (Å²) in [5, 5.41) is 9.22. The molecule has 0 spiro atoms. The summed E-state index contributed by atoms with van der Waals surface area (Å²) >= 11 is 0. The minimum Gasteiger partial charge on any atom is -0.481 e. The van der Waals surface area contributed by atoms with E-state index in [0.717, 1.165) is 0 Å². The van der Waals surface area contributed by atoms with Gasteiger partial charge in [-0.1, -0.05) is 30.3 Å². The predicted octanol–water partition coefficient (Wildman–Crippen LogP) is 3.03. The van der Waals surface area contributed by atoms with E-state index < -0.39 is 17.9 Å². The molecule has 0 heterocycles. The van der Waals surface area contributed by atoms with Gasteiger partial charge in [-0.3, -0.25) is 14.4 Å². The summed E-state index contributed by atoms with van der Waals surface area (Å²) < 4.78 is 5.04. The molecule has 23 heavy (non-hydrogen) atoms. The van der Waals surface area contributed by atoms with Crippen molar-refractivity contribution in [1.82, 2.24) is 0 Å². The fraction of sp³-hybridized carbons (Fsp3) is 0.167. The van der Waals surface area contributed by atoms with Gasteiger partial charge in [0.05, 0.1) is 5.92 Å². The van der Waals surface area contributed by atoms with E-state index in [1.807, 2.05) is 0 Å². The van der Waals surface area contributed by atoms with E-state index in [1.165, 1.54) is 32.0 Å². The van der Waals surface area contributed by atoms with Crippen LogP contribution in [-0.2, 0) is 9.59 Å². The number of carboxylic acid groups (broad SMARTS) is 1. The van der Waals surface area contributed by atoms with Crippen LogP contribution in [0.4, 0.5) is 0 Å². The first kappa shape index (κ1) is 16.4. The molecule has 1 N–H and O–H groups in total. The average Bonchev–Trinajstić information content (AvgIpc) is 2.54. The summed E-state index contributed by atoms with van der Waals surface area (Å²) in [4.78, 5) is 34.9. The number of aliphatic carboxylic acids is 1. The molecule has 2 aromatic rings. The van der Waals surface area contributed by atoms with Gasteiger partial charge in [0.15, 0.2) is 5.78 Å². The Hall–Kier alpha value is -2.95. The zero-order valence-electron chi connectivity index (χ0n) is 12.8. The predicted molar refractivity (Wildman–Crippen MR) is 83.7 cm³/mol. The lowest BCUT2D eigenvalue weighted by atomic mass is 9.95. The SMILES string of the molecule is CC(=O)Oc1ccc(C(=O)c2ccccc2)cc1[C@@H](C)C(=O)O. The van der Waals surface area contributed by atoms with Crippen molar-refractivity contribution in [2.75, 3.05) is 0 Å². The highest BCUT2D eigenvalue weighted by atomic mass is 16.5. The minimum absolute atomic E-state index is 0.150. The van der Waals surface area contributed by atoms with Crippen molar-refractivity contribution in [3.63, 3.8) is 0 Å². The highest BCUT2D eigenvalue weighted by Crippen LogP contribution is 2.29. The third-order valence-corrected chi connectivity index (χ3v) is 3.40. The zero-order valence-corrected chi connectivity index (χ0v) is 12.8. The molecular formula is C18H16O5. The summed E-state index contributed by atoms with van der Waals surface area (Å²) in [5.41, 5.74) is 1.13. The van der Waals surface area contributed by atoms with Crippen LogP contribution in [0, 0.1) is 0 Å². The van der Waals surface area contributed by atoms with Crippen molar-refractivity contribution in [3.05, 3.63) is 65.2 Å². The second-order valence-electron chi connectivity index (χ2n) is 5.10. The smallest absolute Gasteiger partial charge is 0.310 e. The lowest BCUT2D eigenvalue weighted by Gasteiger charge is -2.14. The van der Waals surface area contributed by atoms with Crippen LogP contribution in [-0.4, -0.2) is 22.8 Å². The monoisotopic (exact) mass is 312 g/mol. The van der Waals surface area contributed by atoms with E-state index in [1.54, 1.807) is 30.3 Å². The summed E-state index contributed by atoms with van der Waals surface area (Å²) in [6.07, 6.45) is 0. The van der Waals surface area contributed by atoms with E-state index in [4.69, 9.17) is 4.74 Å². The number of esters is 1. The molecule has 5 nitrogen and oxygen atoms in total. The Morgan fingerprint density at radius 3 is 2.22 bits per heavy atom. The van der Waals surface area contributed by atoms with Crippen LogP contribution in [0.2, 0.25) is 0 Å². The maximum atomic E-state index is 12.5. The van der Waals surface area contributed by atoms with Crippen molar-refractivity contribution in [2.45, 2.75) is 19.8 Å². The number of carboxylic acids is 1. The van der Waals surface area contributed by atoms with Crippen LogP contribution < -0.4 is 4.74 Å². The number of rotatable bonds is 5. The van der Waals surface area contributed by atoms with Gasteiger partial charge >= 0.3 is 11.9 Å². The molecule has 2 aromatic carbocycles. The number of hydrogen-bond donors (Lipinski definition) is 1. The number of ether oxygens (including phenoxy) is 1.